The molecule has 3 nitrogen and oxygen atoms in total. The first-order valence-corrected chi connectivity index (χ1v) is 8.68. The molecule has 0 spiro atoms. The molecule has 3 heteroatoms. The molecule has 1 aromatic carbocycles. The number of carbonyl (C=O) groups is 1. The summed E-state index contributed by atoms with van der Waals surface area (Å²) in [5, 5.41) is 0. The zero-order valence-corrected chi connectivity index (χ0v) is 13.7. The third-order valence-electron chi connectivity index (χ3n) is 5.83. The number of esters is 1. The minimum absolute atomic E-state index is 0.158. The van der Waals surface area contributed by atoms with E-state index in [-0.39, 0.29) is 11.6 Å². The lowest BCUT2D eigenvalue weighted by atomic mass is 9.54. The summed E-state index contributed by atoms with van der Waals surface area (Å²) < 4.78 is 11.0. The Morgan fingerprint density at radius 1 is 1.04 bits per heavy atom. The molecule has 4 aliphatic rings. The highest BCUT2D eigenvalue weighted by molar-refractivity contribution is 5.90. The van der Waals surface area contributed by atoms with Crippen LogP contribution in [0.2, 0.25) is 0 Å². The van der Waals surface area contributed by atoms with Gasteiger partial charge >= 0.3 is 5.97 Å². The van der Waals surface area contributed by atoms with Crippen LogP contribution in [0, 0.1) is 17.8 Å². The molecule has 0 saturated heterocycles. The lowest BCUT2D eigenvalue weighted by Crippen LogP contribution is -2.52. The number of methoxy groups -OCH3 is 1. The van der Waals surface area contributed by atoms with E-state index in [0.717, 1.165) is 42.6 Å². The van der Waals surface area contributed by atoms with Crippen LogP contribution in [-0.2, 0) is 9.47 Å². The van der Waals surface area contributed by atoms with Crippen molar-refractivity contribution in [1.82, 2.24) is 0 Å². The highest BCUT2D eigenvalue weighted by Gasteiger charge is 2.53. The Labute approximate surface area is 137 Å². The fraction of sp³-hybridized carbons (Fsp3) is 0.550. The summed E-state index contributed by atoms with van der Waals surface area (Å²) >= 11 is 0. The van der Waals surface area contributed by atoms with Gasteiger partial charge in [-0.25, -0.2) is 4.79 Å². The van der Waals surface area contributed by atoms with E-state index in [2.05, 4.69) is 0 Å². The minimum Gasteiger partial charge on any atom is -0.504 e. The number of rotatable bonds is 4. The van der Waals surface area contributed by atoms with Gasteiger partial charge in [0.2, 0.25) is 0 Å². The van der Waals surface area contributed by atoms with Crippen LogP contribution in [0.1, 0.15) is 54.4 Å². The third kappa shape index (κ3) is 2.89. The Morgan fingerprint density at radius 3 is 2.13 bits per heavy atom. The van der Waals surface area contributed by atoms with Gasteiger partial charge in [-0.3, -0.25) is 0 Å². The maximum atomic E-state index is 12.6. The predicted octanol–water partition coefficient (Wildman–Crippen LogP) is 4.43. The van der Waals surface area contributed by atoms with Crippen molar-refractivity contribution >= 4 is 12.0 Å². The molecule has 0 heterocycles. The summed E-state index contributed by atoms with van der Waals surface area (Å²) in [6, 6.07) is 7.54. The van der Waals surface area contributed by atoms with Crippen LogP contribution < -0.4 is 0 Å². The number of ether oxygens (including phenoxy) is 2. The van der Waals surface area contributed by atoms with Gasteiger partial charge in [-0.15, -0.1) is 0 Å². The van der Waals surface area contributed by atoms with Crippen LogP contribution in [0.15, 0.2) is 30.5 Å². The van der Waals surface area contributed by atoms with Gasteiger partial charge in [0.25, 0.3) is 0 Å². The number of hydrogen-bond donors (Lipinski definition) is 0. The second-order valence-electron chi connectivity index (χ2n) is 7.65. The van der Waals surface area contributed by atoms with E-state index in [0.29, 0.717) is 5.56 Å². The summed E-state index contributed by atoms with van der Waals surface area (Å²) in [5.41, 5.74) is 1.49. The molecule has 4 saturated carbocycles. The SMILES string of the molecule is COC=Cc1ccc(C(=O)OC23CC4CC(CC(C4)C2)C3)cc1. The lowest BCUT2D eigenvalue weighted by Gasteiger charge is -2.55. The van der Waals surface area contributed by atoms with E-state index in [1.807, 2.05) is 30.3 Å². The van der Waals surface area contributed by atoms with Crippen molar-refractivity contribution in [3.05, 3.63) is 41.7 Å². The summed E-state index contributed by atoms with van der Waals surface area (Å²) in [6.07, 6.45) is 10.8. The second-order valence-corrected chi connectivity index (χ2v) is 7.65. The van der Waals surface area contributed by atoms with Gasteiger partial charge in [-0.05, 0) is 80.1 Å². The summed E-state index contributed by atoms with van der Waals surface area (Å²) in [6.45, 7) is 0. The smallest absolute Gasteiger partial charge is 0.338 e. The molecule has 122 valence electrons. The Bertz CT molecular complexity index is 579. The quantitative estimate of drug-likeness (QED) is 0.609. The van der Waals surface area contributed by atoms with Crippen molar-refractivity contribution in [3.63, 3.8) is 0 Å². The number of hydrogen-bond acceptors (Lipinski definition) is 3. The average Bonchev–Trinajstić information content (AvgIpc) is 2.51. The Morgan fingerprint density at radius 2 is 1.61 bits per heavy atom. The van der Waals surface area contributed by atoms with Gasteiger partial charge in [-0.2, -0.15) is 0 Å². The molecule has 0 aromatic heterocycles. The van der Waals surface area contributed by atoms with E-state index in [9.17, 15) is 4.79 Å². The highest BCUT2D eigenvalue weighted by atomic mass is 16.6. The maximum absolute atomic E-state index is 12.6. The topological polar surface area (TPSA) is 35.5 Å². The molecule has 23 heavy (non-hydrogen) atoms. The Kier molecular flexibility index (Phi) is 3.67. The zero-order valence-electron chi connectivity index (χ0n) is 13.7. The monoisotopic (exact) mass is 312 g/mol. The fourth-order valence-electron chi connectivity index (χ4n) is 5.29. The largest absolute Gasteiger partial charge is 0.504 e. The molecular weight excluding hydrogens is 288 g/mol. The average molecular weight is 312 g/mol. The van der Waals surface area contributed by atoms with E-state index in [4.69, 9.17) is 9.47 Å². The van der Waals surface area contributed by atoms with E-state index >= 15 is 0 Å². The van der Waals surface area contributed by atoms with Crippen LogP contribution >= 0.6 is 0 Å². The molecule has 5 rings (SSSR count). The van der Waals surface area contributed by atoms with E-state index in [1.54, 1.807) is 13.4 Å². The molecule has 0 atom stereocenters. The standard InChI is InChI=1S/C20H24O3/c1-22-7-6-14-2-4-18(5-3-14)19(21)23-20-11-15-8-16(12-20)10-17(9-15)13-20/h2-7,15-17H,8-13H2,1H3. The molecule has 4 aliphatic carbocycles. The molecule has 1 aromatic rings. The second kappa shape index (κ2) is 5.70. The van der Waals surface area contributed by atoms with Crippen LogP contribution in [0.25, 0.3) is 6.08 Å². The van der Waals surface area contributed by atoms with Crippen LogP contribution in [0.3, 0.4) is 0 Å². The summed E-state index contributed by atoms with van der Waals surface area (Å²) in [5.74, 6) is 2.20. The van der Waals surface area contributed by atoms with Crippen molar-refractivity contribution in [2.75, 3.05) is 7.11 Å². The molecule has 0 aliphatic heterocycles. The number of benzene rings is 1. The van der Waals surface area contributed by atoms with Gasteiger partial charge in [0.05, 0.1) is 18.9 Å². The Hall–Kier alpha value is -1.77. The molecule has 4 fully saturated rings. The van der Waals surface area contributed by atoms with Crippen molar-refractivity contribution in [2.45, 2.75) is 44.1 Å². The van der Waals surface area contributed by atoms with E-state index < -0.39 is 0 Å². The zero-order chi connectivity index (χ0) is 15.9. The normalized spacial score (nSPS) is 34.7. The molecule has 0 unspecified atom stereocenters. The molecule has 0 N–H and O–H groups in total. The van der Waals surface area contributed by atoms with Gasteiger partial charge < -0.3 is 9.47 Å². The van der Waals surface area contributed by atoms with E-state index in [1.165, 1.54) is 19.3 Å². The van der Waals surface area contributed by atoms with Crippen molar-refractivity contribution < 1.29 is 14.3 Å². The fourth-order valence-corrected chi connectivity index (χ4v) is 5.29. The van der Waals surface area contributed by atoms with Crippen LogP contribution in [0.4, 0.5) is 0 Å². The first kappa shape index (κ1) is 14.8. The van der Waals surface area contributed by atoms with Crippen LogP contribution in [0.5, 0.6) is 0 Å². The van der Waals surface area contributed by atoms with Gasteiger partial charge in [0.15, 0.2) is 0 Å². The minimum atomic E-state index is -0.166. The van der Waals surface area contributed by atoms with Crippen molar-refractivity contribution in [3.8, 4) is 0 Å². The third-order valence-corrected chi connectivity index (χ3v) is 5.83. The number of carbonyl (C=O) groups excluding carboxylic acids is 1. The molecule has 4 bridgehead atoms. The molecule has 0 radical (unpaired) electrons. The van der Waals surface area contributed by atoms with Crippen LogP contribution in [-0.4, -0.2) is 18.7 Å². The van der Waals surface area contributed by atoms with Crippen molar-refractivity contribution in [1.29, 1.82) is 0 Å². The maximum Gasteiger partial charge on any atom is 0.338 e. The Balaban J connectivity index is 1.46. The predicted molar refractivity (Wildman–Crippen MR) is 88.8 cm³/mol. The van der Waals surface area contributed by atoms with Gasteiger partial charge in [0, 0.05) is 0 Å². The molecular formula is C20H24O3. The summed E-state index contributed by atoms with van der Waals surface area (Å²) in [4.78, 5) is 12.6. The van der Waals surface area contributed by atoms with Gasteiger partial charge in [0.1, 0.15) is 5.60 Å². The van der Waals surface area contributed by atoms with Crippen molar-refractivity contribution in [2.24, 2.45) is 17.8 Å². The first-order valence-electron chi connectivity index (χ1n) is 8.68. The lowest BCUT2D eigenvalue weighted by molar-refractivity contribution is -0.131. The highest BCUT2D eigenvalue weighted by Crippen LogP contribution is 2.57. The first-order chi connectivity index (χ1) is 11.2. The molecule has 0 amide bonds. The van der Waals surface area contributed by atoms with Gasteiger partial charge in [-0.1, -0.05) is 12.1 Å². The summed E-state index contributed by atoms with van der Waals surface area (Å²) in [7, 11) is 1.62.